The van der Waals surface area contributed by atoms with Crippen LogP contribution in [0.3, 0.4) is 0 Å². The van der Waals surface area contributed by atoms with E-state index in [-0.39, 0.29) is 0 Å². The Bertz CT molecular complexity index is 649. The van der Waals surface area contributed by atoms with Crippen molar-refractivity contribution in [3.05, 3.63) is 72.1 Å². The van der Waals surface area contributed by atoms with Crippen molar-refractivity contribution >= 4 is 22.8 Å². The molecular weight excluding hydrogens is 254 g/mol. The second-order valence-corrected chi connectivity index (χ2v) is 4.78. The molecule has 0 bridgehead atoms. The molecule has 2 aromatic rings. The second-order valence-electron chi connectivity index (χ2n) is 4.34. The normalized spacial score (nSPS) is 15.2. The highest BCUT2D eigenvalue weighted by Crippen LogP contribution is 2.37. The zero-order valence-corrected chi connectivity index (χ0v) is 11.4. The van der Waals surface area contributed by atoms with E-state index < -0.39 is 0 Å². The van der Waals surface area contributed by atoms with Crippen LogP contribution < -0.4 is 9.64 Å². The van der Waals surface area contributed by atoms with E-state index in [0.29, 0.717) is 0 Å². The highest BCUT2D eigenvalue weighted by atomic mass is 32.1. The minimum absolute atomic E-state index is 0.759. The maximum absolute atomic E-state index is 5.81. The van der Waals surface area contributed by atoms with Gasteiger partial charge < -0.3 is 9.64 Å². The van der Waals surface area contributed by atoms with Gasteiger partial charge in [-0.2, -0.15) is 0 Å². The molecule has 19 heavy (non-hydrogen) atoms. The number of hydrogen-bond donors (Lipinski definition) is 0. The SMILES string of the molecule is CN1/C(=C\C(=S)c2ccccc2)Oc2ccccc21. The van der Waals surface area contributed by atoms with Gasteiger partial charge in [0.2, 0.25) is 5.88 Å². The third-order valence-electron chi connectivity index (χ3n) is 3.08. The molecule has 0 saturated heterocycles. The Labute approximate surface area is 117 Å². The molecule has 1 aliphatic rings. The predicted octanol–water partition coefficient (Wildman–Crippen LogP) is 3.77. The summed E-state index contributed by atoms with van der Waals surface area (Å²) in [4.78, 5) is 2.78. The molecule has 0 spiro atoms. The van der Waals surface area contributed by atoms with E-state index in [0.717, 1.165) is 27.7 Å². The van der Waals surface area contributed by atoms with Crippen LogP contribution in [-0.2, 0) is 0 Å². The summed E-state index contributed by atoms with van der Waals surface area (Å²) in [5.41, 5.74) is 2.09. The molecule has 1 aliphatic heterocycles. The van der Waals surface area contributed by atoms with Crippen molar-refractivity contribution in [2.24, 2.45) is 0 Å². The van der Waals surface area contributed by atoms with Crippen molar-refractivity contribution in [2.75, 3.05) is 11.9 Å². The number of nitrogens with zero attached hydrogens (tertiary/aromatic N) is 1. The van der Waals surface area contributed by atoms with Gasteiger partial charge in [0.05, 0.1) is 10.6 Å². The van der Waals surface area contributed by atoms with Gasteiger partial charge in [0, 0.05) is 13.1 Å². The molecule has 2 aromatic carbocycles. The summed E-state index contributed by atoms with van der Waals surface area (Å²) in [6.07, 6.45) is 1.89. The maximum Gasteiger partial charge on any atom is 0.201 e. The quantitative estimate of drug-likeness (QED) is 0.467. The van der Waals surface area contributed by atoms with Gasteiger partial charge in [0.1, 0.15) is 0 Å². The van der Waals surface area contributed by atoms with Crippen molar-refractivity contribution in [2.45, 2.75) is 0 Å². The standard InChI is InChI=1S/C16H13NOS/c1-17-13-9-5-6-10-14(13)18-16(17)11-15(19)12-7-3-2-4-8-12/h2-11H,1H3/b16-11+. The van der Waals surface area contributed by atoms with E-state index in [1.54, 1.807) is 0 Å². The smallest absolute Gasteiger partial charge is 0.201 e. The molecule has 0 unspecified atom stereocenters. The highest BCUT2D eigenvalue weighted by Gasteiger charge is 2.22. The van der Waals surface area contributed by atoms with Crippen molar-refractivity contribution in [3.63, 3.8) is 0 Å². The molecule has 0 aliphatic carbocycles. The first-order chi connectivity index (χ1) is 9.25. The topological polar surface area (TPSA) is 12.5 Å². The minimum Gasteiger partial charge on any atom is -0.439 e. The number of anilines is 1. The zero-order valence-electron chi connectivity index (χ0n) is 10.5. The summed E-state index contributed by atoms with van der Waals surface area (Å²) in [6.45, 7) is 0. The van der Waals surface area contributed by atoms with Crippen LogP contribution in [0.2, 0.25) is 0 Å². The van der Waals surface area contributed by atoms with Gasteiger partial charge >= 0.3 is 0 Å². The molecule has 0 saturated carbocycles. The Balaban J connectivity index is 1.89. The molecule has 3 heteroatoms. The number of para-hydroxylation sites is 2. The van der Waals surface area contributed by atoms with Gasteiger partial charge in [0.15, 0.2) is 5.75 Å². The molecule has 0 aromatic heterocycles. The number of ether oxygens (including phenoxy) is 1. The fourth-order valence-electron chi connectivity index (χ4n) is 2.04. The summed E-state index contributed by atoms with van der Waals surface area (Å²) < 4.78 is 5.81. The number of fused-ring (bicyclic) bond motifs is 1. The molecule has 2 nitrogen and oxygen atoms in total. The zero-order chi connectivity index (χ0) is 13.2. The average molecular weight is 267 g/mol. The van der Waals surface area contributed by atoms with Crippen LogP contribution in [0.5, 0.6) is 5.75 Å². The number of hydrogen-bond acceptors (Lipinski definition) is 3. The van der Waals surface area contributed by atoms with Crippen LogP contribution in [0.1, 0.15) is 5.56 Å². The Morgan fingerprint density at radius 2 is 1.74 bits per heavy atom. The largest absolute Gasteiger partial charge is 0.439 e. The van der Waals surface area contributed by atoms with Gasteiger partial charge in [-0.05, 0) is 17.7 Å². The number of rotatable bonds is 2. The van der Waals surface area contributed by atoms with Crippen molar-refractivity contribution < 1.29 is 4.74 Å². The summed E-state index contributed by atoms with van der Waals surface area (Å²) in [5, 5.41) is 0. The first-order valence-electron chi connectivity index (χ1n) is 6.07. The predicted molar refractivity (Wildman–Crippen MR) is 81.7 cm³/mol. The Morgan fingerprint density at radius 3 is 2.47 bits per heavy atom. The molecule has 0 amide bonds. The Morgan fingerprint density at radius 1 is 1.05 bits per heavy atom. The van der Waals surface area contributed by atoms with Crippen LogP contribution in [0.4, 0.5) is 5.69 Å². The Kier molecular flexibility index (Phi) is 3.05. The van der Waals surface area contributed by atoms with Crippen LogP contribution in [0.15, 0.2) is 66.6 Å². The molecule has 0 fully saturated rings. The third kappa shape index (κ3) is 2.25. The van der Waals surface area contributed by atoms with Crippen molar-refractivity contribution in [1.82, 2.24) is 0 Å². The van der Waals surface area contributed by atoms with Gasteiger partial charge in [-0.25, -0.2) is 0 Å². The summed E-state index contributed by atoms with van der Waals surface area (Å²) in [5.74, 6) is 1.63. The molecule has 0 radical (unpaired) electrons. The van der Waals surface area contributed by atoms with Crippen LogP contribution in [0.25, 0.3) is 0 Å². The third-order valence-corrected chi connectivity index (χ3v) is 3.44. The molecule has 0 N–H and O–H groups in total. The first-order valence-corrected chi connectivity index (χ1v) is 6.48. The van der Waals surface area contributed by atoms with Crippen LogP contribution in [0, 0.1) is 0 Å². The minimum atomic E-state index is 0.759. The lowest BCUT2D eigenvalue weighted by molar-refractivity contribution is 0.445. The molecule has 3 rings (SSSR count). The van der Waals surface area contributed by atoms with E-state index in [2.05, 4.69) is 0 Å². The van der Waals surface area contributed by atoms with Crippen molar-refractivity contribution in [1.29, 1.82) is 0 Å². The summed E-state index contributed by atoms with van der Waals surface area (Å²) in [6, 6.07) is 17.9. The van der Waals surface area contributed by atoms with Crippen LogP contribution >= 0.6 is 12.2 Å². The molecular formula is C16H13NOS. The van der Waals surface area contributed by atoms with Crippen molar-refractivity contribution in [3.8, 4) is 5.75 Å². The molecule has 1 heterocycles. The number of allylic oxidation sites excluding steroid dienone is 1. The van der Waals surface area contributed by atoms with E-state index >= 15 is 0 Å². The average Bonchev–Trinajstić information content (AvgIpc) is 2.77. The Hall–Kier alpha value is -2.13. The monoisotopic (exact) mass is 267 g/mol. The van der Waals surface area contributed by atoms with E-state index in [4.69, 9.17) is 17.0 Å². The second kappa shape index (κ2) is 4.86. The fourth-order valence-corrected chi connectivity index (χ4v) is 2.28. The first kappa shape index (κ1) is 11.9. The van der Waals surface area contributed by atoms with Gasteiger partial charge in [-0.15, -0.1) is 0 Å². The number of thiocarbonyl (C=S) groups is 1. The van der Waals surface area contributed by atoms with Gasteiger partial charge in [-0.1, -0.05) is 54.7 Å². The summed E-state index contributed by atoms with van der Waals surface area (Å²) in [7, 11) is 1.98. The van der Waals surface area contributed by atoms with Gasteiger partial charge in [0.25, 0.3) is 0 Å². The lowest BCUT2D eigenvalue weighted by Crippen LogP contribution is -2.14. The molecule has 94 valence electrons. The van der Waals surface area contributed by atoms with Crippen LogP contribution in [-0.4, -0.2) is 11.9 Å². The number of benzene rings is 2. The van der Waals surface area contributed by atoms with E-state index in [9.17, 15) is 0 Å². The van der Waals surface area contributed by atoms with E-state index in [1.807, 2.05) is 72.6 Å². The molecule has 0 atom stereocenters. The van der Waals surface area contributed by atoms with E-state index in [1.165, 1.54) is 0 Å². The lowest BCUT2D eigenvalue weighted by Gasteiger charge is -2.11. The summed E-state index contributed by atoms with van der Waals surface area (Å²) >= 11 is 5.44. The highest BCUT2D eigenvalue weighted by molar-refractivity contribution is 7.81. The van der Waals surface area contributed by atoms with Gasteiger partial charge in [-0.3, -0.25) is 0 Å². The lowest BCUT2D eigenvalue weighted by atomic mass is 10.1. The maximum atomic E-state index is 5.81. The fraction of sp³-hybridized carbons (Fsp3) is 0.0625.